The van der Waals surface area contributed by atoms with Crippen LogP contribution in [0.1, 0.15) is 11.1 Å². The average molecular weight is 595 g/mol. The highest BCUT2D eigenvalue weighted by Gasteiger charge is 2.34. The largest absolute Gasteiger partial charge is 0.331 e. The molecule has 186 valence electrons. The van der Waals surface area contributed by atoms with Gasteiger partial charge in [-0.25, -0.2) is 13.6 Å². The molecule has 8 nitrogen and oxygen atoms in total. The number of nitrogens with zero attached hydrogens (tertiary/aromatic N) is 2. The second-order valence-electron chi connectivity index (χ2n) is 8.33. The summed E-state index contributed by atoms with van der Waals surface area (Å²) in [6, 6.07) is 25.7. The minimum Gasteiger partial charge on any atom is -0.331 e. The van der Waals surface area contributed by atoms with Gasteiger partial charge in [-0.1, -0.05) is 58.4 Å². The first kappa shape index (κ1) is 25.0. The number of halogens is 1. The molecule has 0 atom stereocenters. The van der Waals surface area contributed by atoms with E-state index in [9.17, 15) is 13.2 Å². The number of hydrogen-bond donors (Lipinski definition) is 3. The molecule has 0 fully saturated rings. The smallest absolute Gasteiger partial charge is 0.279 e. The number of primary sulfonamides is 1. The van der Waals surface area contributed by atoms with E-state index in [2.05, 4.69) is 37.8 Å². The first-order valence-corrected chi connectivity index (χ1v) is 13.8. The van der Waals surface area contributed by atoms with Crippen molar-refractivity contribution in [2.75, 3.05) is 10.2 Å². The van der Waals surface area contributed by atoms with Gasteiger partial charge in [0, 0.05) is 15.7 Å². The van der Waals surface area contributed by atoms with Crippen molar-refractivity contribution in [1.82, 2.24) is 5.43 Å². The lowest BCUT2D eigenvalue weighted by Crippen LogP contribution is -2.32. The van der Waals surface area contributed by atoms with Gasteiger partial charge in [0.1, 0.15) is 0 Å². The van der Waals surface area contributed by atoms with E-state index < -0.39 is 10.0 Å². The van der Waals surface area contributed by atoms with Crippen molar-refractivity contribution in [3.63, 3.8) is 0 Å². The van der Waals surface area contributed by atoms with Gasteiger partial charge in [0.15, 0.2) is 10.8 Å². The summed E-state index contributed by atoms with van der Waals surface area (Å²) in [5.41, 5.74) is 5.69. The third-order valence-electron chi connectivity index (χ3n) is 5.80. The van der Waals surface area contributed by atoms with Crippen LogP contribution in [-0.2, 0) is 21.4 Å². The van der Waals surface area contributed by atoms with Crippen LogP contribution in [0.3, 0.4) is 0 Å². The number of fused-ring (bicyclic) bond motifs is 2. The fourth-order valence-electron chi connectivity index (χ4n) is 4.09. The first-order chi connectivity index (χ1) is 17.7. The zero-order valence-electron chi connectivity index (χ0n) is 19.2. The lowest BCUT2D eigenvalue weighted by atomic mass is 10.1. The molecule has 0 unspecified atom stereocenters. The number of hydrogen-bond acceptors (Lipinski definition) is 5. The summed E-state index contributed by atoms with van der Waals surface area (Å²) in [5.74, 6) is -0.271. The third kappa shape index (κ3) is 5.39. The molecule has 0 aliphatic carbocycles. The summed E-state index contributed by atoms with van der Waals surface area (Å²) >= 11 is 8.78. The molecule has 0 radical (unpaired) electrons. The number of rotatable bonds is 5. The Kier molecular flexibility index (Phi) is 6.78. The monoisotopic (exact) mass is 593 g/mol. The molecule has 1 aliphatic rings. The van der Waals surface area contributed by atoms with Crippen molar-refractivity contribution in [2.24, 2.45) is 10.2 Å². The predicted molar refractivity (Wildman–Crippen MR) is 153 cm³/mol. The number of hydrazone groups is 1. The summed E-state index contributed by atoms with van der Waals surface area (Å²) in [7, 11) is -3.86. The maximum Gasteiger partial charge on any atom is 0.279 e. The molecule has 5 rings (SSSR count). The van der Waals surface area contributed by atoms with Crippen molar-refractivity contribution in [2.45, 2.75) is 11.4 Å². The van der Waals surface area contributed by atoms with Crippen molar-refractivity contribution in [3.05, 3.63) is 101 Å². The average Bonchev–Trinajstić information content (AvgIpc) is 3.12. The molecular formula is C26H20BrN5O3S2. The van der Waals surface area contributed by atoms with Crippen LogP contribution < -0.4 is 20.8 Å². The Balaban J connectivity index is 1.38. The molecule has 0 bridgehead atoms. The molecule has 4 aromatic carbocycles. The number of carbonyl (C=O) groups excluding carboxylic acids is 1. The van der Waals surface area contributed by atoms with Crippen LogP contribution >= 0.6 is 28.1 Å². The van der Waals surface area contributed by atoms with E-state index in [0.717, 1.165) is 26.5 Å². The third-order valence-corrected chi connectivity index (χ3v) is 7.39. The van der Waals surface area contributed by atoms with Crippen LogP contribution in [0.25, 0.3) is 10.8 Å². The number of benzene rings is 4. The highest BCUT2D eigenvalue weighted by molar-refractivity contribution is 9.10. The molecule has 37 heavy (non-hydrogen) atoms. The van der Waals surface area contributed by atoms with Crippen LogP contribution in [0.2, 0.25) is 0 Å². The van der Waals surface area contributed by atoms with Gasteiger partial charge in [0.2, 0.25) is 10.0 Å². The van der Waals surface area contributed by atoms with E-state index in [4.69, 9.17) is 17.4 Å². The Morgan fingerprint density at radius 1 is 0.973 bits per heavy atom. The van der Waals surface area contributed by atoms with E-state index in [1.807, 2.05) is 54.6 Å². The van der Waals surface area contributed by atoms with Crippen molar-refractivity contribution >= 4 is 77.0 Å². The molecule has 0 saturated carbocycles. The van der Waals surface area contributed by atoms with Crippen molar-refractivity contribution in [3.8, 4) is 0 Å². The number of thiocarbonyl (C=S) groups is 1. The number of nitrogens with two attached hydrogens (primary N) is 1. The Bertz CT molecular complexity index is 1710. The summed E-state index contributed by atoms with van der Waals surface area (Å²) in [6.07, 6.45) is 0. The number of carbonyl (C=O) groups is 1. The summed E-state index contributed by atoms with van der Waals surface area (Å²) in [6.45, 7) is 0.375. The van der Waals surface area contributed by atoms with Gasteiger partial charge in [-0.3, -0.25) is 10.2 Å². The second kappa shape index (κ2) is 10.0. The molecule has 1 heterocycles. The Morgan fingerprint density at radius 3 is 2.54 bits per heavy atom. The maximum atomic E-state index is 13.5. The first-order valence-electron chi connectivity index (χ1n) is 11.1. The van der Waals surface area contributed by atoms with E-state index in [-0.39, 0.29) is 21.6 Å². The highest BCUT2D eigenvalue weighted by atomic mass is 79.9. The molecule has 0 aromatic heterocycles. The fraction of sp³-hybridized carbons (Fsp3) is 0.0385. The molecule has 0 saturated heterocycles. The lowest BCUT2D eigenvalue weighted by molar-refractivity contribution is -0.112. The molecule has 1 aliphatic heterocycles. The van der Waals surface area contributed by atoms with Gasteiger partial charge < -0.3 is 10.2 Å². The zero-order valence-corrected chi connectivity index (χ0v) is 22.4. The van der Waals surface area contributed by atoms with E-state index in [0.29, 0.717) is 17.8 Å². The number of amides is 1. The van der Waals surface area contributed by atoms with Gasteiger partial charge >= 0.3 is 0 Å². The van der Waals surface area contributed by atoms with E-state index in [1.54, 1.807) is 11.0 Å². The quantitative estimate of drug-likeness (QED) is 0.232. The van der Waals surface area contributed by atoms with Crippen molar-refractivity contribution in [1.29, 1.82) is 0 Å². The van der Waals surface area contributed by atoms with Gasteiger partial charge in [-0.05, 0) is 71.0 Å². The van der Waals surface area contributed by atoms with Crippen LogP contribution in [0, 0.1) is 0 Å². The minimum absolute atomic E-state index is 0.0549. The normalized spacial score (nSPS) is 14.2. The minimum atomic E-state index is -3.86. The Labute approximate surface area is 227 Å². The lowest BCUT2D eigenvalue weighted by Gasteiger charge is -2.17. The standard InChI is InChI=1S/C26H20BrN5O3S2/c27-19-10-11-23-22(13-19)24(30-31-26(36)29-20-6-3-7-21(14-20)37(28,34)35)25(33)32(23)15-16-8-9-17-4-1-2-5-18(17)12-16/h1-14H,15H2,(H2,28,34,35)(H2,29,31,36). The fourth-order valence-corrected chi connectivity index (χ4v) is 5.17. The molecule has 4 N–H and O–H groups in total. The highest BCUT2D eigenvalue weighted by Crippen LogP contribution is 2.33. The Morgan fingerprint density at radius 2 is 1.76 bits per heavy atom. The van der Waals surface area contributed by atoms with Gasteiger partial charge in [0.25, 0.3) is 5.91 Å². The molecule has 0 spiro atoms. The number of sulfonamides is 1. The molecule has 1 amide bonds. The summed E-state index contributed by atoms with van der Waals surface area (Å²) in [5, 5.41) is 14.7. The zero-order chi connectivity index (χ0) is 26.2. The second-order valence-corrected chi connectivity index (χ2v) is 11.2. The van der Waals surface area contributed by atoms with E-state index in [1.165, 1.54) is 18.2 Å². The van der Waals surface area contributed by atoms with E-state index >= 15 is 0 Å². The maximum absolute atomic E-state index is 13.5. The number of nitrogens with one attached hydrogen (secondary N) is 2. The topological polar surface area (TPSA) is 117 Å². The van der Waals surface area contributed by atoms with Crippen LogP contribution in [0.4, 0.5) is 11.4 Å². The van der Waals surface area contributed by atoms with Crippen LogP contribution in [-0.4, -0.2) is 25.1 Å². The predicted octanol–water partition coefficient (Wildman–Crippen LogP) is 4.49. The number of anilines is 2. The van der Waals surface area contributed by atoms with Crippen molar-refractivity contribution < 1.29 is 13.2 Å². The molecular weight excluding hydrogens is 574 g/mol. The SMILES string of the molecule is NS(=O)(=O)c1cccc(NC(=S)NN=C2C(=O)N(Cc3ccc4ccccc4c3)c3ccc(Br)cc32)c1. The van der Waals surface area contributed by atoms with Crippen LogP contribution in [0.5, 0.6) is 0 Å². The summed E-state index contributed by atoms with van der Waals surface area (Å²) < 4.78 is 24.0. The van der Waals surface area contributed by atoms with Gasteiger partial charge in [-0.15, -0.1) is 0 Å². The van der Waals surface area contributed by atoms with Crippen LogP contribution in [0.15, 0.2) is 99.4 Å². The molecule has 4 aromatic rings. The molecule has 11 heteroatoms. The Hall–Kier alpha value is -3.64. The van der Waals surface area contributed by atoms with Gasteiger partial charge in [-0.2, -0.15) is 5.10 Å². The summed E-state index contributed by atoms with van der Waals surface area (Å²) in [4.78, 5) is 15.1. The van der Waals surface area contributed by atoms with Gasteiger partial charge in [0.05, 0.1) is 17.1 Å².